The molecule has 0 aromatic heterocycles. The maximum absolute atomic E-state index is 13.0. The molecule has 3 nitrogen and oxygen atoms in total. The molecule has 0 aliphatic carbocycles. The highest BCUT2D eigenvalue weighted by molar-refractivity contribution is 9.10. The molecule has 1 saturated heterocycles. The number of benzene rings is 1. The predicted molar refractivity (Wildman–Crippen MR) is 73.4 cm³/mol. The zero-order valence-corrected chi connectivity index (χ0v) is 12.5. The Hall–Kier alpha value is -0.910. The summed E-state index contributed by atoms with van der Waals surface area (Å²) in [5.74, 6) is 0.212. The van der Waals surface area contributed by atoms with Gasteiger partial charge in [0.05, 0.1) is 22.9 Å². The van der Waals surface area contributed by atoms with Crippen LogP contribution in [0.5, 0.6) is 5.75 Å². The third kappa shape index (κ3) is 4.03. The van der Waals surface area contributed by atoms with Crippen molar-refractivity contribution in [2.45, 2.75) is 32.2 Å². The van der Waals surface area contributed by atoms with Crippen LogP contribution in [0, 0.1) is 5.82 Å². The highest BCUT2D eigenvalue weighted by atomic mass is 79.9. The summed E-state index contributed by atoms with van der Waals surface area (Å²) in [6, 6.07) is 4.24. The summed E-state index contributed by atoms with van der Waals surface area (Å²) >= 11 is 3.24. The Bertz CT molecular complexity index is 488. The Balaban J connectivity index is 1.91. The van der Waals surface area contributed by atoms with Crippen molar-refractivity contribution in [3.8, 4) is 5.75 Å². The van der Waals surface area contributed by atoms with Gasteiger partial charge in [-0.2, -0.15) is 0 Å². The molecule has 1 fully saturated rings. The topological polar surface area (TPSA) is 27.7 Å². The van der Waals surface area contributed by atoms with Gasteiger partial charge in [0.1, 0.15) is 11.6 Å². The summed E-state index contributed by atoms with van der Waals surface area (Å²) in [5.41, 5.74) is 0. The van der Waals surface area contributed by atoms with Crippen LogP contribution in [0.1, 0.15) is 20.3 Å². The van der Waals surface area contributed by atoms with E-state index in [4.69, 9.17) is 14.2 Å². The standard InChI is InChI=1S/C14H16BrFO3/c1-9(6-11-8-17-14(2,3)19-11)18-13-5-4-10(16)7-12(13)15/h4-5,7,11H,1,6,8H2,2-3H3. The molecule has 1 unspecified atom stereocenters. The zero-order chi connectivity index (χ0) is 14.0. The quantitative estimate of drug-likeness (QED) is 0.780. The lowest BCUT2D eigenvalue weighted by Crippen LogP contribution is -2.22. The molecule has 104 valence electrons. The Morgan fingerprint density at radius 1 is 1.58 bits per heavy atom. The first kappa shape index (κ1) is 14.5. The number of rotatable bonds is 4. The van der Waals surface area contributed by atoms with E-state index in [2.05, 4.69) is 22.5 Å². The third-order valence-electron chi connectivity index (χ3n) is 2.67. The van der Waals surface area contributed by atoms with Crippen LogP contribution >= 0.6 is 15.9 Å². The Morgan fingerprint density at radius 3 is 2.89 bits per heavy atom. The first-order valence-electron chi connectivity index (χ1n) is 5.98. The Morgan fingerprint density at radius 2 is 2.32 bits per heavy atom. The van der Waals surface area contributed by atoms with Crippen LogP contribution in [0.3, 0.4) is 0 Å². The average molecular weight is 331 g/mol. The van der Waals surface area contributed by atoms with Crippen LogP contribution < -0.4 is 4.74 Å². The molecule has 2 rings (SSSR count). The molecule has 1 aromatic carbocycles. The van der Waals surface area contributed by atoms with E-state index in [1.54, 1.807) is 6.07 Å². The highest BCUT2D eigenvalue weighted by Gasteiger charge is 2.33. The van der Waals surface area contributed by atoms with Gasteiger partial charge >= 0.3 is 0 Å². The minimum atomic E-state index is -0.554. The molecule has 0 N–H and O–H groups in total. The van der Waals surface area contributed by atoms with E-state index in [1.165, 1.54) is 12.1 Å². The molecule has 19 heavy (non-hydrogen) atoms. The molecule has 0 spiro atoms. The summed E-state index contributed by atoms with van der Waals surface area (Å²) in [7, 11) is 0. The van der Waals surface area contributed by atoms with Crippen LogP contribution in [-0.4, -0.2) is 18.5 Å². The van der Waals surface area contributed by atoms with Crippen LogP contribution in [0.15, 0.2) is 35.0 Å². The second-order valence-electron chi connectivity index (χ2n) is 4.87. The van der Waals surface area contributed by atoms with Gasteiger partial charge in [-0.25, -0.2) is 4.39 Å². The van der Waals surface area contributed by atoms with Gasteiger partial charge in [-0.05, 0) is 48.0 Å². The SMILES string of the molecule is C=C(CC1COC(C)(C)O1)Oc1ccc(F)cc1Br. The number of halogens is 2. The van der Waals surface area contributed by atoms with E-state index in [-0.39, 0.29) is 11.9 Å². The molecule has 1 aliphatic rings. The van der Waals surface area contributed by atoms with Crippen LogP contribution in [0.4, 0.5) is 4.39 Å². The zero-order valence-electron chi connectivity index (χ0n) is 10.9. The number of hydrogen-bond acceptors (Lipinski definition) is 3. The molecular weight excluding hydrogens is 315 g/mol. The van der Waals surface area contributed by atoms with Crippen molar-refractivity contribution in [2.75, 3.05) is 6.61 Å². The largest absolute Gasteiger partial charge is 0.461 e. The second-order valence-corrected chi connectivity index (χ2v) is 5.72. The summed E-state index contributed by atoms with van der Waals surface area (Å²) in [6.45, 7) is 8.10. The van der Waals surface area contributed by atoms with E-state index in [0.717, 1.165) is 0 Å². The monoisotopic (exact) mass is 330 g/mol. The number of ether oxygens (including phenoxy) is 3. The van der Waals surface area contributed by atoms with Gasteiger partial charge in [-0.1, -0.05) is 6.58 Å². The first-order valence-corrected chi connectivity index (χ1v) is 6.77. The minimum absolute atomic E-state index is 0.0678. The fourth-order valence-corrected chi connectivity index (χ4v) is 2.30. The molecule has 1 aromatic rings. The van der Waals surface area contributed by atoms with E-state index in [0.29, 0.717) is 29.0 Å². The van der Waals surface area contributed by atoms with E-state index >= 15 is 0 Å². The lowest BCUT2D eigenvalue weighted by molar-refractivity contribution is -0.138. The van der Waals surface area contributed by atoms with Crippen LogP contribution in [0.2, 0.25) is 0 Å². The maximum Gasteiger partial charge on any atom is 0.163 e. The molecule has 0 saturated carbocycles. The Kier molecular flexibility index (Phi) is 4.28. The van der Waals surface area contributed by atoms with Crippen molar-refractivity contribution in [2.24, 2.45) is 0 Å². The smallest absolute Gasteiger partial charge is 0.163 e. The van der Waals surface area contributed by atoms with E-state index < -0.39 is 5.79 Å². The van der Waals surface area contributed by atoms with Gasteiger partial charge in [-0.15, -0.1) is 0 Å². The molecule has 0 radical (unpaired) electrons. The Labute approximate surface area is 120 Å². The van der Waals surface area contributed by atoms with Crippen LogP contribution in [-0.2, 0) is 9.47 Å². The molecular formula is C14H16BrFO3. The van der Waals surface area contributed by atoms with Gasteiger partial charge in [0.25, 0.3) is 0 Å². The fourth-order valence-electron chi connectivity index (χ4n) is 1.87. The predicted octanol–water partition coefficient (Wildman–Crippen LogP) is 4.02. The summed E-state index contributed by atoms with van der Waals surface area (Å²) < 4.78 is 30.2. The molecule has 1 atom stereocenters. The van der Waals surface area contributed by atoms with Crippen molar-refractivity contribution >= 4 is 15.9 Å². The lowest BCUT2D eigenvalue weighted by atomic mass is 10.2. The average Bonchev–Trinajstić information content (AvgIpc) is 2.62. The van der Waals surface area contributed by atoms with E-state index in [1.807, 2.05) is 13.8 Å². The van der Waals surface area contributed by atoms with Crippen molar-refractivity contribution in [3.05, 3.63) is 40.8 Å². The maximum atomic E-state index is 13.0. The van der Waals surface area contributed by atoms with Gasteiger partial charge < -0.3 is 14.2 Å². The van der Waals surface area contributed by atoms with Gasteiger partial charge in [-0.3, -0.25) is 0 Å². The summed E-state index contributed by atoms with van der Waals surface area (Å²) in [6.07, 6.45) is 0.467. The minimum Gasteiger partial charge on any atom is -0.461 e. The summed E-state index contributed by atoms with van der Waals surface area (Å²) in [5, 5.41) is 0. The van der Waals surface area contributed by atoms with Crippen molar-refractivity contribution in [1.82, 2.24) is 0 Å². The first-order chi connectivity index (χ1) is 8.85. The number of hydrogen-bond donors (Lipinski definition) is 0. The van der Waals surface area contributed by atoms with E-state index in [9.17, 15) is 4.39 Å². The molecule has 0 amide bonds. The second kappa shape index (κ2) is 5.61. The fraction of sp³-hybridized carbons (Fsp3) is 0.429. The molecule has 5 heteroatoms. The van der Waals surface area contributed by atoms with Crippen LogP contribution in [0.25, 0.3) is 0 Å². The van der Waals surface area contributed by atoms with Crippen molar-refractivity contribution in [3.63, 3.8) is 0 Å². The lowest BCUT2D eigenvalue weighted by Gasteiger charge is -2.18. The third-order valence-corrected chi connectivity index (χ3v) is 3.29. The molecule has 1 aliphatic heterocycles. The summed E-state index contributed by atoms with van der Waals surface area (Å²) in [4.78, 5) is 0. The van der Waals surface area contributed by atoms with Crippen molar-refractivity contribution in [1.29, 1.82) is 0 Å². The highest BCUT2D eigenvalue weighted by Crippen LogP contribution is 2.30. The van der Waals surface area contributed by atoms with Gasteiger partial charge in [0, 0.05) is 6.42 Å². The normalized spacial score (nSPS) is 21.4. The van der Waals surface area contributed by atoms with Gasteiger partial charge in [0.2, 0.25) is 0 Å². The van der Waals surface area contributed by atoms with Gasteiger partial charge in [0.15, 0.2) is 5.79 Å². The molecule has 1 heterocycles. The molecule has 0 bridgehead atoms. The van der Waals surface area contributed by atoms with Crippen molar-refractivity contribution < 1.29 is 18.6 Å².